The summed E-state index contributed by atoms with van der Waals surface area (Å²) < 4.78 is 5.21. The molecule has 1 atom stereocenters. The molecule has 1 aromatic heterocycles. The van der Waals surface area contributed by atoms with E-state index in [1.807, 2.05) is 13.8 Å². The van der Waals surface area contributed by atoms with Gasteiger partial charge in [0.1, 0.15) is 11.3 Å². The fourth-order valence-corrected chi connectivity index (χ4v) is 3.11. The number of hydrogen-bond donors (Lipinski definition) is 3. The molecule has 0 unspecified atom stereocenters. The van der Waals surface area contributed by atoms with Crippen LogP contribution in [0, 0.1) is 12.8 Å². The van der Waals surface area contributed by atoms with Crippen molar-refractivity contribution < 1.29 is 29.0 Å². The lowest BCUT2D eigenvalue weighted by atomic mass is 10.0. The molecular formula is C21H25N2O7-. The van der Waals surface area contributed by atoms with Crippen LogP contribution in [0.5, 0.6) is 5.75 Å². The number of fused-ring (bicyclic) bond motifs is 1. The summed E-state index contributed by atoms with van der Waals surface area (Å²) in [5.41, 5.74) is 0.645. The van der Waals surface area contributed by atoms with E-state index in [2.05, 4.69) is 10.6 Å². The number of carbonyl (C=O) groups is 3. The second kappa shape index (κ2) is 9.91. The van der Waals surface area contributed by atoms with Crippen LogP contribution in [-0.2, 0) is 20.8 Å². The number of rotatable bonds is 9. The normalized spacial score (nSPS) is 12.0. The fraction of sp³-hybridized carbons (Fsp3) is 0.429. The Hall–Kier alpha value is -3.36. The summed E-state index contributed by atoms with van der Waals surface area (Å²) >= 11 is 0. The van der Waals surface area contributed by atoms with Gasteiger partial charge in [0, 0.05) is 23.4 Å². The fourth-order valence-electron chi connectivity index (χ4n) is 3.11. The Balaban J connectivity index is 1.93. The maximum absolute atomic E-state index is 12.2. The van der Waals surface area contributed by atoms with Crippen LogP contribution < -0.4 is 21.4 Å². The lowest BCUT2D eigenvalue weighted by molar-refractivity contribution is -0.308. The van der Waals surface area contributed by atoms with Crippen molar-refractivity contribution in [1.82, 2.24) is 10.6 Å². The number of carboxylic acids is 1. The zero-order chi connectivity index (χ0) is 22.4. The predicted molar refractivity (Wildman–Crippen MR) is 107 cm³/mol. The van der Waals surface area contributed by atoms with Crippen molar-refractivity contribution in [2.45, 2.75) is 46.1 Å². The Bertz CT molecular complexity index is 1010. The highest BCUT2D eigenvalue weighted by molar-refractivity contribution is 5.87. The molecule has 2 aromatic rings. The molecule has 0 aliphatic heterocycles. The van der Waals surface area contributed by atoms with Gasteiger partial charge in [-0.2, -0.15) is 0 Å². The molecule has 0 saturated heterocycles. The molecule has 2 amide bonds. The minimum atomic E-state index is -1.38. The van der Waals surface area contributed by atoms with Crippen LogP contribution in [0.3, 0.4) is 0 Å². The molecule has 1 heterocycles. The van der Waals surface area contributed by atoms with Crippen LogP contribution in [0.4, 0.5) is 0 Å². The van der Waals surface area contributed by atoms with E-state index < -0.39 is 29.5 Å². The molecule has 30 heavy (non-hydrogen) atoms. The number of nitrogens with one attached hydrogen (secondary N) is 2. The van der Waals surface area contributed by atoms with E-state index in [4.69, 9.17) is 4.42 Å². The van der Waals surface area contributed by atoms with Gasteiger partial charge in [-0.1, -0.05) is 13.8 Å². The maximum atomic E-state index is 12.2. The van der Waals surface area contributed by atoms with Crippen LogP contribution in [0.15, 0.2) is 27.4 Å². The van der Waals surface area contributed by atoms with Crippen LogP contribution in [-0.4, -0.2) is 35.5 Å². The lowest BCUT2D eigenvalue weighted by Crippen LogP contribution is -2.51. The van der Waals surface area contributed by atoms with Crippen LogP contribution in [0.1, 0.15) is 37.8 Å². The number of aliphatic carboxylic acids is 1. The zero-order valence-electron chi connectivity index (χ0n) is 17.1. The van der Waals surface area contributed by atoms with E-state index in [1.54, 1.807) is 13.0 Å². The molecule has 162 valence electrons. The van der Waals surface area contributed by atoms with E-state index in [9.17, 15) is 29.4 Å². The summed E-state index contributed by atoms with van der Waals surface area (Å²) in [7, 11) is 0. The largest absolute Gasteiger partial charge is 0.548 e. The number of carboxylic acid groups (broad SMARTS) is 1. The highest BCUT2D eigenvalue weighted by Gasteiger charge is 2.17. The molecule has 0 saturated carbocycles. The van der Waals surface area contributed by atoms with Crippen LogP contribution in [0.2, 0.25) is 0 Å². The second-order valence-electron chi connectivity index (χ2n) is 7.52. The Kier molecular flexibility index (Phi) is 7.57. The van der Waals surface area contributed by atoms with Crippen molar-refractivity contribution in [3.05, 3.63) is 39.7 Å². The number of carbonyl (C=O) groups excluding carboxylic acids is 3. The van der Waals surface area contributed by atoms with E-state index in [1.165, 1.54) is 12.1 Å². The molecule has 1 aromatic carbocycles. The van der Waals surface area contributed by atoms with Crippen LogP contribution in [0.25, 0.3) is 11.0 Å². The number of hydrogen-bond acceptors (Lipinski definition) is 7. The lowest BCUT2D eigenvalue weighted by Gasteiger charge is -2.21. The van der Waals surface area contributed by atoms with Crippen molar-refractivity contribution in [3.63, 3.8) is 0 Å². The molecule has 3 N–H and O–H groups in total. The summed E-state index contributed by atoms with van der Waals surface area (Å²) in [6.45, 7) is 4.98. The molecule has 0 aliphatic carbocycles. The second-order valence-corrected chi connectivity index (χ2v) is 7.52. The first-order valence-corrected chi connectivity index (χ1v) is 9.60. The first-order chi connectivity index (χ1) is 14.1. The average molecular weight is 417 g/mol. The quantitative estimate of drug-likeness (QED) is 0.491. The third-order valence-corrected chi connectivity index (χ3v) is 4.65. The van der Waals surface area contributed by atoms with Gasteiger partial charge in [-0.25, -0.2) is 4.79 Å². The Morgan fingerprint density at radius 2 is 1.90 bits per heavy atom. The monoisotopic (exact) mass is 417 g/mol. The molecule has 9 heteroatoms. The predicted octanol–water partition coefficient (Wildman–Crippen LogP) is 0.137. The summed E-state index contributed by atoms with van der Waals surface area (Å²) in [4.78, 5) is 47.3. The van der Waals surface area contributed by atoms with E-state index in [0.29, 0.717) is 16.5 Å². The highest BCUT2D eigenvalue weighted by Crippen LogP contribution is 2.23. The van der Waals surface area contributed by atoms with E-state index in [-0.39, 0.29) is 43.1 Å². The van der Waals surface area contributed by atoms with Gasteiger partial charge in [-0.3, -0.25) is 9.59 Å². The van der Waals surface area contributed by atoms with Gasteiger partial charge in [-0.15, -0.1) is 0 Å². The van der Waals surface area contributed by atoms with Crippen LogP contribution >= 0.6 is 0 Å². The first-order valence-electron chi connectivity index (χ1n) is 9.60. The van der Waals surface area contributed by atoms with Gasteiger partial charge in [0.05, 0.1) is 18.6 Å². The van der Waals surface area contributed by atoms with Crippen molar-refractivity contribution in [3.8, 4) is 5.75 Å². The van der Waals surface area contributed by atoms with Crippen molar-refractivity contribution in [1.29, 1.82) is 0 Å². The molecule has 0 bridgehead atoms. The topological polar surface area (TPSA) is 149 Å². The summed E-state index contributed by atoms with van der Waals surface area (Å²) in [6, 6.07) is 3.32. The van der Waals surface area contributed by atoms with Gasteiger partial charge < -0.3 is 30.1 Å². The molecule has 0 spiro atoms. The van der Waals surface area contributed by atoms with Gasteiger partial charge in [0.2, 0.25) is 11.8 Å². The molecule has 2 rings (SSSR count). The Morgan fingerprint density at radius 1 is 1.20 bits per heavy atom. The zero-order valence-corrected chi connectivity index (χ0v) is 17.1. The third-order valence-electron chi connectivity index (χ3n) is 4.65. The molecule has 0 fully saturated rings. The van der Waals surface area contributed by atoms with Crippen molar-refractivity contribution in [2.24, 2.45) is 5.92 Å². The van der Waals surface area contributed by atoms with Gasteiger partial charge >= 0.3 is 5.63 Å². The SMILES string of the molecule is Cc1c(CCC(=O)NCC(=O)N[C@@H](CC(C)C)C(=O)[O-])c(=O)oc2cc(O)ccc12. The van der Waals surface area contributed by atoms with Gasteiger partial charge in [-0.05, 0) is 43.4 Å². The first kappa shape index (κ1) is 22.9. The molecule has 9 nitrogen and oxygen atoms in total. The number of phenolic OH excluding ortho intramolecular Hbond substituents is 1. The van der Waals surface area contributed by atoms with Crippen molar-refractivity contribution >= 4 is 28.8 Å². The van der Waals surface area contributed by atoms with E-state index >= 15 is 0 Å². The minimum absolute atomic E-state index is 0.0234. The Morgan fingerprint density at radius 3 is 2.53 bits per heavy atom. The number of benzene rings is 1. The van der Waals surface area contributed by atoms with Gasteiger partial charge in [0.15, 0.2) is 0 Å². The number of phenols is 1. The summed E-state index contributed by atoms with van der Waals surface area (Å²) in [5.74, 6) is -2.47. The minimum Gasteiger partial charge on any atom is -0.548 e. The average Bonchev–Trinajstić information content (AvgIpc) is 2.64. The van der Waals surface area contributed by atoms with E-state index in [0.717, 1.165) is 0 Å². The van der Waals surface area contributed by atoms with Gasteiger partial charge in [0.25, 0.3) is 0 Å². The number of aryl methyl sites for hydroxylation is 1. The maximum Gasteiger partial charge on any atom is 0.339 e. The molecule has 0 radical (unpaired) electrons. The smallest absolute Gasteiger partial charge is 0.339 e. The molecule has 0 aliphatic rings. The standard InChI is InChI=1S/C21H26N2O7/c1-11(2)8-16(20(27)28)23-19(26)10-22-18(25)7-6-15-12(3)14-5-4-13(24)9-17(14)30-21(15)29/h4-5,9,11,16,24H,6-8,10H2,1-3H3,(H,22,25)(H,23,26)(H,27,28)/p-1/t16-/m0/s1. The highest BCUT2D eigenvalue weighted by atomic mass is 16.4. The molecular weight excluding hydrogens is 392 g/mol. The third kappa shape index (κ3) is 6.07. The van der Waals surface area contributed by atoms with Crippen molar-refractivity contribution in [2.75, 3.05) is 6.54 Å². The number of aromatic hydroxyl groups is 1. The Labute approximate surface area is 173 Å². The number of amides is 2. The summed E-state index contributed by atoms with van der Waals surface area (Å²) in [5, 5.41) is 26.0. The summed E-state index contributed by atoms with van der Waals surface area (Å²) in [6.07, 6.45) is 0.267.